The van der Waals surface area contributed by atoms with Gasteiger partial charge in [0.25, 0.3) is 5.69 Å². The highest BCUT2D eigenvalue weighted by Gasteiger charge is 2.13. The third-order valence-electron chi connectivity index (χ3n) is 2.49. The molecule has 0 amide bonds. The molecular formula is C12H15NO5. The number of hydrogen-bond acceptors (Lipinski definition) is 4. The Bertz CT molecular complexity index is 444. The number of rotatable bonds is 7. The maximum Gasteiger partial charge on any atom is 0.303 e. The van der Waals surface area contributed by atoms with E-state index in [0.717, 1.165) is 0 Å². The normalized spacial score (nSPS) is 10.1. The second-order valence-corrected chi connectivity index (χ2v) is 3.86. The lowest BCUT2D eigenvalue weighted by Gasteiger charge is -2.08. The molecule has 18 heavy (non-hydrogen) atoms. The van der Waals surface area contributed by atoms with Crippen LogP contribution in [0.3, 0.4) is 0 Å². The Balaban J connectivity index is 2.50. The summed E-state index contributed by atoms with van der Waals surface area (Å²) < 4.78 is 5.41. The molecule has 6 nitrogen and oxygen atoms in total. The lowest BCUT2D eigenvalue weighted by molar-refractivity contribution is -0.385. The predicted molar refractivity (Wildman–Crippen MR) is 64.8 cm³/mol. The largest absolute Gasteiger partial charge is 0.493 e. The molecule has 1 aromatic rings. The van der Waals surface area contributed by atoms with Gasteiger partial charge in [-0.3, -0.25) is 14.9 Å². The number of benzene rings is 1. The lowest BCUT2D eigenvalue weighted by Crippen LogP contribution is -2.02. The molecule has 0 aliphatic rings. The SMILES string of the molecule is Cc1c(OCCCCC(=O)O)cccc1[N+](=O)[O-]. The minimum absolute atomic E-state index is 0.0260. The summed E-state index contributed by atoms with van der Waals surface area (Å²) in [4.78, 5) is 20.5. The van der Waals surface area contributed by atoms with Gasteiger partial charge in [0.1, 0.15) is 5.75 Å². The van der Waals surface area contributed by atoms with Crippen molar-refractivity contribution in [2.75, 3.05) is 6.61 Å². The summed E-state index contributed by atoms with van der Waals surface area (Å²) in [5, 5.41) is 19.2. The number of ether oxygens (including phenoxy) is 1. The highest BCUT2D eigenvalue weighted by molar-refractivity contribution is 5.66. The van der Waals surface area contributed by atoms with Crippen molar-refractivity contribution in [2.24, 2.45) is 0 Å². The van der Waals surface area contributed by atoms with Gasteiger partial charge >= 0.3 is 5.97 Å². The summed E-state index contributed by atoms with van der Waals surface area (Å²) in [6, 6.07) is 4.66. The van der Waals surface area contributed by atoms with E-state index in [4.69, 9.17) is 9.84 Å². The standard InChI is InChI=1S/C12H15NO5/c1-9-10(13(16)17)5-4-6-11(9)18-8-3-2-7-12(14)15/h4-6H,2-3,7-8H2,1H3,(H,14,15). The summed E-state index contributed by atoms with van der Waals surface area (Å²) in [7, 11) is 0. The monoisotopic (exact) mass is 253 g/mol. The van der Waals surface area contributed by atoms with Crippen LogP contribution >= 0.6 is 0 Å². The van der Waals surface area contributed by atoms with Gasteiger partial charge in [-0.05, 0) is 25.8 Å². The van der Waals surface area contributed by atoms with Gasteiger partial charge in [0.2, 0.25) is 0 Å². The van der Waals surface area contributed by atoms with Gasteiger partial charge < -0.3 is 9.84 Å². The van der Waals surface area contributed by atoms with Gasteiger partial charge in [-0.1, -0.05) is 6.07 Å². The molecular weight excluding hydrogens is 238 g/mol. The quantitative estimate of drug-likeness (QED) is 0.458. The van der Waals surface area contributed by atoms with Gasteiger partial charge in [-0.25, -0.2) is 0 Å². The second kappa shape index (κ2) is 6.58. The molecule has 1 N–H and O–H groups in total. The van der Waals surface area contributed by atoms with Crippen LogP contribution < -0.4 is 4.74 Å². The van der Waals surface area contributed by atoms with E-state index in [-0.39, 0.29) is 12.1 Å². The van der Waals surface area contributed by atoms with Gasteiger partial charge in [0.05, 0.1) is 17.1 Å². The van der Waals surface area contributed by atoms with Gasteiger partial charge in [0.15, 0.2) is 0 Å². The minimum atomic E-state index is -0.832. The molecule has 0 saturated carbocycles. The van der Waals surface area contributed by atoms with Crippen molar-refractivity contribution >= 4 is 11.7 Å². The molecule has 1 aromatic carbocycles. The maximum absolute atomic E-state index is 10.7. The van der Waals surface area contributed by atoms with Crippen LogP contribution in [0, 0.1) is 17.0 Å². The molecule has 0 saturated heterocycles. The molecule has 6 heteroatoms. The Morgan fingerprint density at radius 1 is 1.44 bits per heavy atom. The van der Waals surface area contributed by atoms with Crippen molar-refractivity contribution in [1.82, 2.24) is 0 Å². The highest BCUT2D eigenvalue weighted by atomic mass is 16.6. The molecule has 0 spiro atoms. The molecule has 0 bridgehead atoms. The number of hydrogen-bond donors (Lipinski definition) is 1. The predicted octanol–water partition coefficient (Wildman–Crippen LogP) is 2.54. The van der Waals surface area contributed by atoms with E-state index in [0.29, 0.717) is 30.8 Å². The third-order valence-corrected chi connectivity index (χ3v) is 2.49. The first-order chi connectivity index (χ1) is 8.52. The van der Waals surface area contributed by atoms with Crippen LogP contribution in [0.1, 0.15) is 24.8 Å². The summed E-state index contributed by atoms with van der Waals surface area (Å²) in [6.45, 7) is 1.99. The molecule has 0 heterocycles. The third kappa shape index (κ3) is 4.04. The van der Waals surface area contributed by atoms with Crippen LogP contribution in [0.4, 0.5) is 5.69 Å². The van der Waals surface area contributed by atoms with Crippen molar-refractivity contribution in [3.63, 3.8) is 0 Å². The number of carboxylic acids is 1. The van der Waals surface area contributed by atoms with E-state index in [1.54, 1.807) is 19.1 Å². The first-order valence-corrected chi connectivity index (χ1v) is 5.61. The van der Waals surface area contributed by atoms with Crippen molar-refractivity contribution in [3.8, 4) is 5.75 Å². The van der Waals surface area contributed by atoms with E-state index < -0.39 is 10.9 Å². The van der Waals surface area contributed by atoms with E-state index in [2.05, 4.69) is 0 Å². The number of nitro groups is 1. The van der Waals surface area contributed by atoms with Gasteiger partial charge in [-0.15, -0.1) is 0 Å². The zero-order valence-corrected chi connectivity index (χ0v) is 10.1. The Morgan fingerprint density at radius 3 is 2.78 bits per heavy atom. The van der Waals surface area contributed by atoms with Crippen LogP contribution in [0.5, 0.6) is 5.75 Å². The minimum Gasteiger partial charge on any atom is -0.493 e. The molecule has 0 aliphatic carbocycles. The first-order valence-electron chi connectivity index (χ1n) is 5.61. The zero-order valence-electron chi connectivity index (χ0n) is 10.1. The number of nitrogens with zero attached hydrogens (tertiary/aromatic N) is 1. The second-order valence-electron chi connectivity index (χ2n) is 3.86. The molecule has 0 unspecified atom stereocenters. The van der Waals surface area contributed by atoms with Crippen molar-refractivity contribution in [1.29, 1.82) is 0 Å². The Kier molecular flexibility index (Phi) is 5.10. The van der Waals surface area contributed by atoms with Crippen LogP contribution in [0.2, 0.25) is 0 Å². The summed E-state index contributed by atoms with van der Waals surface area (Å²) in [5.41, 5.74) is 0.513. The smallest absolute Gasteiger partial charge is 0.303 e. The van der Waals surface area contributed by atoms with Crippen molar-refractivity contribution in [3.05, 3.63) is 33.9 Å². The average Bonchev–Trinajstić information content (AvgIpc) is 2.30. The van der Waals surface area contributed by atoms with Crippen molar-refractivity contribution in [2.45, 2.75) is 26.2 Å². The Hall–Kier alpha value is -2.11. The molecule has 98 valence electrons. The summed E-state index contributed by atoms with van der Waals surface area (Å²) >= 11 is 0. The van der Waals surface area contributed by atoms with Crippen LogP contribution in [-0.2, 0) is 4.79 Å². The molecule has 1 rings (SSSR count). The Labute approximate surface area is 104 Å². The van der Waals surface area contributed by atoms with E-state index in [1.807, 2.05) is 0 Å². The lowest BCUT2D eigenvalue weighted by atomic mass is 10.2. The number of aliphatic carboxylic acids is 1. The number of carbonyl (C=O) groups is 1. The first kappa shape index (κ1) is 14.0. The van der Waals surface area contributed by atoms with E-state index >= 15 is 0 Å². The molecule has 0 aliphatic heterocycles. The zero-order chi connectivity index (χ0) is 13.5. The molecule has 0 fully saturated rings. The number of unbranched alkanes of at least 4 members (excludes halogenated alkanes) is 1. The maximum atomic E-state index is 10.7. The highest BCUT2D eigenvalue weighted by Crippen LogP contribution is 2.27. The molecule has 0 radical (unpaired) electrons. The number of nitro benzene ring substituents is 1. The number of carboxylic acid groups (broad SMARTS) is 1. The van der Waals surface area contributed by atoms with Crippen molar-refractivity contribution < 1.29 is 19.6 Å². The fourth-order valence-corrected chi connectivity index (χ4v) is 1.52. The fraction of sp³-hybridized carbons (Fsp3) is 0.417. The fourth-order valence-electron chi connectivity index (χ4n) is 1.52. The van der Waals surface area contributed by atoms with Crippen LogP contribution in [-0.4, -0.2) is 22.6 Å². The van der Waals surface area contributed by atoms with E-state index in [9.17, 15) is 14.9 Å². The van der Waals surface area contributed by atoms with E-state index in [1.165, 1.54) is 6.07 Å². The van der Waals surface area contributed by atoms with Crippen LogP contribution in [0.15, 0.2) is 18.2 Å². The van der Waals surface area contributed by atoms with Gasteiger partial charge in [0, 0.05) is 12.5 Å². The Morgan fingerprint density at radius 2 is 2.17 bits per heavy atom. The molecule has 0 aromatic heterocycles. The summed E-state index contributed by atoms with van der Waals surface area (Å²) in [5.74, 6) is -0.360. The average molecular weight is 253 g/mol. The van der Waals surface area contributed by atoms with Crippen LogP contribution in [0.25, 0.3) is 0 Å². The van der Waals surface area contributed by atoms with Gasteiger partial charge in [-0.2, -0.15) is 0 Å². The topological polar surface area (TPSA) is 89.7 Å². The summed E-state index contributed by atoms with van der Waals surface area (Å²) in [6.07, 6.45) is 1.25. The molecule has 0 atom stereocenters.